The average molecular weight is 394 g/mol. The first-order valence-electron chi connectivity index (χ1n) is 10.4. The molecule has 1 unspecified atom stereocenters. The van der Waals surface area contributed by atoms with Crippen LogP contribution in [-0.4, -0.2) is 31.4 Å². The maximum atomic E-state index is 12.5. The first kappa shape index (κ1) is 20.9. The van der Waals surface area contributed by atoms with E-state index >= 15 is 0 Å². The summed E-state index contributed by atoms with van der Waals surface area (Å²) < 4.78 is 0. The van der Waals surface area contributed by atoms with Crippen LogP contribution in [-0.2, 0) is 9.59 Å². The number of benzene rings is 2. The molecular weight excluding hydrogens is 362 g/mol. The summed E-state index contributed by atoms with van der Waals surface area (Å²) in [7, 11) is 0. The van der Waals surface area contributed by atoms with Crippen LogP contribution in [0.4, 0.5) is 11.4 Å². The van der Waals surface area contributed by atoms with Gasteiger partial charge in [0.2, 0.25) is 11.8 Å². The fourth-order valence-corrected chi connectivity index (χ4v) is 3.75. The monoisotopic (exact) mass is 393 g/mol. The van der Waals surface area contributed by atoms with E-state index in [1.165, 1.54) is 30.4 Å². The molecule has 1 fully saturated rings. The maximum Gasteiger partial charge on any atom is 0.240 e. The van der Waals surface area contributed by atoms with Crippen molar-refractivity contribution < 1.29 is 9.59 Å². The topological polar surface area (TPSA) is 52.7 Å². The predicted octanol–water partition coefficient (Wildman–Crippen LogP) is 4.15. The second-order valence-corrected chi connectivity index (χ2v) is 7.99. The molecule has 5 heteroatoms. The molecule has 1 aliphatic heterocycles. The Kier molecular flexibility index (Phi) is 6.91. The van der Waals surface area contributed by atoms with Crippen LogP contribution in [0, 0.1) is 5.92 Å². The molecule has 154 valence electrons. The van der Waals surface area contributed by atoms with E-state index < -0.39 is 0 Å². The van der Waals surface area contributed by atoms with Crippen molar-refractivity contribution in [1.29, 1.82) is 0 Å². The van der Waals surface area contributed by atoms with Crippen LogP contribution < -0.4 is 15.1 Å². The highest BCUT2D eigenvalue weighted by atomic mass is 16.2. The Morgan fingerprint density at radius 1 is 1.07 bits per heavy atom. The molecule has 1 aliphatic rings. The van der Waals surface area contributed by atoms with Crippen molar-refractivity contribution in [2.24, 2.45) is 5.92 Å². The minimum Gasteiger partial charge on any atom is -0.372 e. The smallest absolute Gasteiger partial charge is 0.240 e. The average Bonchev–Trinajstić information content (AvgIpc) is 2.73. The van der Waals surface area contributed by atoms with Gasteiger partial charge in [-0.1, -0.05) is 37.3 Å². The molecule has 29 heavy (non-hydrogen) atoms. The minimum absolute atomic E-state index is 0.00703. The molecule has 3 rings (SSSR count). The van der Waals surface area contributed by atoms with Crippen LogP contribution in [0.5, 0.6) is 0 Å². The van der Waals surface area contributed by atoms with E-state index in [0.29, 0.717) is 0 Å². The molecule has 2 amide bonds. The Morgan fingerprint density at radius 2 is 1.69 bits per heavy atom. The summed E-state index contributed by atoms with van der Waals surface area (Å²) in [6.45, 7) is 7.88. The van der Waals surface area contributed by atoms with Gasteiger partial charge in [-0.2, -0.15) is 0 Å². The van der Waals surface area contributed by atoms with E-state index in [0.717, 1.165) is 30.3 Å². The normalized spacial score (nSPS) is 15.6. The summed E-state index contributed by atoms with van der Waals surface area (Å²) in [4.78, 5) is 28.6. The highest BCUT2D eigenvalue weighted by molar-refractivity contribution is 5.97. The molecule has 0 aromatic heterocycles. The highest BCUT2D eigenvalue weighted by Gasteiger charge is 2.19. The Labute approximate surface area is 173 Å². The van der Waals surface area contributed by atoms with E-state index in [-0.39, 0.29) is 24.4 Å². The number of carbonyl (C=O) groups is 2. The molecule has 5 nitrogen and oxygen atoms in total. The van der Waals surface area contributed by atoms with E-state index in [2.05, 4.69) is 17.1 Å². The lowest BCUT2D eigenvalue weighted by Gasteiger charge is -2.32. The zero-order chi connectivity index (χ0) is 20.8. The number of hydrogen-bond acceptors (Lipinski definition) is 3. The number of nitrogens with zero attached hydrogens (tertiary/aromatic N) is 2. The van der Waals surface area contributed by atoms with Gasteiger partial charge in [0.15, 0.2) is 0 Å². The number of carbonyl (C=O) groups excluding carboxylic acids is 2. The fourth-order valence-electron chi connectivity index (χ4n) is 3.75. The van der Waals surface area contributed by atoms with Gasteiger partial charge in [0, 0.05) is 31.4 Å². The number of nitrogens with one attached hydrogen (secondary N) is 1. The van der Waals surface area contributed by atoms with Crippen LogP contribution in [0.3, 0.4) is 0 Å². The van der Waals surface area contributed by atoms with Crippen molar-refractivity contribution in [3.63, 3.8) is 0 Å². The Balaban J connectivity index is 1.63. The summed E-state index contributed by atoms with van der Waals surface area (Å²) >= 11 is 0. The van der Waals surface area contributed by atoms with Crippen LogP contribution in [0.1, 0.15) is 45.2 Å². The van der Waals surface area contributed by atoms with Crippen molar-refractivity contribution in [2.75, 3.05) is 29.4 Å². The first-order valence-corrected chi connectivity index (χ1v) is 10.4. The first-order chi connectivity index (χ1) is 13.9. The van der Waals surface area contributed by atoms with Gasteiger partial charge in [-0.05, 0) is 55.5 Å². The molecule has 0 bridgehead atoms. The van der Waals surface area contributed by atoms with Crippen molar-refractivity contribution >= 4 is 23.2 Å². The molecule has 0 saturated carbocycles. The van der Waals surface area contributed by atoms with E-state index in [1.807, 2.05) is 61.5 Å². The molecule has 2 aromatic carbocycles. The lowest BCUT2D eigenvalue weighted by molar-refractivity contribution is -0.123. The highest BCUT2D eigenvalue weighted by Crippen LogP contribution is 2.25. The van der Waals surface area contributed by atoms with Crippen molar-refractivity contribution in [1.82, 2.24) is 5.32 Å². The Morgan fingerprint density at radius 3 is 2.28 bits per heavy atom. The van der Waals surface area contributed by atoms with E-state index in [9.17, 15) is 9.59 Å². The maximum absolute atomic E-state index is 12.5. The second kappa shape index (κ2) is 9.59. The van der Waals surface area contributed by atoms with Crippen molar-refractivity contribution in [3.05, 3.63) is 60.2 Å². The minimum atomic E-state index is -0.175. The number of piperidine rings is 1. The lowest BCUT2D eigenvalue weighted by Crippen LogP contribution is -2.40. The number of anilines is 2. The van der Waals surface area contributed by atoms with Gasteiger partial charge in [0.05, 0.1) is 6.04 Å². The molecule has 0 spiro atoms. The lowest BCUT2D eigenvalue weighted by atomic mass is 9.99. The van der Waals surface area contributed by atoms with Crippen LogP contribution in [0.2, 0.25) is 0 Å². The quantitative estimate of drug-likeness (QED) is 0.802. The SMILES string of the molecule is CC(=O)N(CC(=O)NC(C)c1ccccc1)c1ccc(N2CCC(C)CC2)cc1. The third-order valence-corrected chi connectivity index (χ3v) is 5.67. The van der Waals surface area contributed by atoms with Crippen LogP contribution >= 0.6 is 0 Å². The molecular formula is C24H31N3O2. The van der Waals surface area contributed by atoms with Gasteiger partial charge in [0.1, 0.15) is 6.54 Å². The molecule has 2 aromatic rings. The van der Waals surface area contributed by atoms with Gasteiger partial charge >= 0.3 is 0 Å². The zero-order valence-electron chi connectivity index (χ0n) is 17.6. The fraction of sp³-hybridized carbons (Fsp3) is 0.417. The predicted molar refractivity (Wildman–Crippen MR) is 118 cm³/mol. The summed E-state index contributed by atoms with van der Waals surface area (Å²) in [5, 5.41) is 2.98. The third kappa shape index (κ3) is 5.59. The summed E-state index contributed by atoms with van der Waals surface area (Å²) in [5.74, 6) is 0.466. The number of rotatable bonds is 6. The van der Waals surface area contributed by atoms with Gasteiger partial charge in [0.25, 0.3) is 0 Å². The second-order valence-electron chi connectivity index (χ2n) is 7.99. The summed E-state index contributed by atoms with van der Waals surface area (Å²) in [5.41, 5.74) is 2.95. The van der Waals surface area contributed by atoms with Crippen molar-refractivity contribution in [3.8, 4) is 0 Å². The molecule has 1 saturated heterocycles. The Bertz CT molecular complexity index is 812. The van der Waals surface area contributed by atoms with Gasteiger partial charge in [-0.25, -0.2) is 0 Å². The molecule has 1 heterocycles. The van der Waals surface area contributed by atoms with Gasteiger partial charge in [-0.15, -0.1) is 0 Å². The standard InChI is InChI=1S/C24H31N3O2/c1-18-13-15-26(16-14-18)22-9-11-23(12-10-22)27(20(3)28)17-24(29)25-19(2)21-7-5-4-6-8-21/h4-12,18-19H,13-17H2,1-3H3,(H,25,29). The van der Waals surface area contributed by atoms with Gasteiger partial charge < -0.3 is 15.1 Å². The number of amides is 2. The summed E-state index contributed by atoms with van der Waals surface area (Å²) in [6.07, 6.45) is 2.42. The number of hydrogen-bond donors (Lipinski definition) is 1. The molecule has 1 N–H and O–H groups in total. The van der Waals surface area contributed by atoms with Crippen LogP contribution in [0.25, 0.3) is 0 Å². The summed E-state index contributed by atoms with van der Waals surface area (Å²) in [6, 6.07) is 17.7. The third-order valence-electron chi connectivity index (χ3n) is 5.67. The Hall–Kier alpha value is -2.82. The van der Waals surface area contributed by atoms with Crippen LogP contribution in [0.15, 0.2) is 54.6 Å². The van der Waals surface area contributed by atoms with E-state index in [4.69, 9.17) is 0 Å². The van der Waals surface area contributed by atoms with Crippen molar-refractivity contribution in [2.45, 2.75) is 39.7 Å². The zero-order valence-corrected chi connectivity index (χ0v) is 17.6. The molecule has 0 aliphatic carbocycles. The van der Waals surface area contributed by atoms with Gasteiger partial charge in [-0.3, -0.25) is 9.59 Å². The largest absolute Gasteiger partial charge is 0.372 e. The molecule has 1 atom stereocenters. The van der Waals surface area contributed by atoms with E-state index in [1.54, 1.807) is 0 Å². The molecule has 0 radical (unpaired) electrons.